The molecule has 0 aliphatic carbocycles. The minimum atomic E-state index is -3.83. The summed E-state index contributed by atoms with van der Waals surface area (Å²) in [5, 5.41) is 0. The quantitative estimate of drug-likeness (QED) is 0.571. The molecule has 8 heteroatoms. The zero-order chi connectivity index (χ0) is 23.6. The van der Waals surface area contributed by atoms with Crippen LogP contribution in [-0.4, -0.2) is 52.5 Å². The Morgan fingerprint density at radius 3 is 2.15 bits per heavy atom. The Bertz CT molecular complexity index is 1250. The van der Waals surface area contributed by atoms with Crippen LogP contribution < -0.4 is 9.21 Å². The molecule has 0 radical (unpaired) electrons. The van der Waals surface area contributed by atoms with Gasteiger partial charge in [-0.05, 0) is 43.3 Å². The molecule has 1 aliphatic heterocycles. The SMILES string of the molecule is Cc1ccc(S(=O)(=O)N(C)c2ccccc2C(=O)N2CCN(c3ccccc3F)CC2)cc1. The fourth-order valence-electron chi connectivity index (χ4n) is 3.96. The topological polar surface area (TPSA) is 60.9 Å². The summed E-state index contributed by atoms with van der Waals surface area (Å²) in [6.07, 6.45) is 0. The van der Waals surface area contributed by atoms with Crippen LogP contribution in [0, 0.1) is 12.7 Å². The fraction of sp³-hybridized carbons (Fsp3) is 0.240. The van der Waals surface area contributed by atoms with E-state index in [0.29, 0.717) is 43.1 Å². The van der Waals surface area contributed by atoms with E-state index < -0.39 is 10.0 Å². The largest absolute Gasteiger partial charge is 0.366 e. The maximum absolute atomic E-state index is 14.1. The van der Waals surface area contributed by atoms with Gasteiger partial charge in [-0.2, -0.15) is 0 Å². The molecular weight excluding hydrogens is 441 g/mol. The summed E-state index contributed by atoms with van der Waals surface area (Å²) >= 11 is 0. The number of anilines is 2. The summed E-state index contributed by atoms with van der Waals surface area (Å²) in [7, 11) is -2.38. The standard InChI is InChI=1S/C25H26FN3O3S/c1-19-11-13-20(14-12-19)33(31,32)27(2)23-9-5-3-7-21(23)25(30)29-17-15-28(16-18-29)24-10-6-4-8-22(24)26/h3-14H,15-18H2,1-2H3. The number of carbonyl (C=O) groups is 1. The van der Waals surface area contributed by atoms with Crippen molar-refractivity contribution in [1.29, 1.82) is 0 Å². The molecule has 0 aromatic heterocycles. The van der Waals surface area contributed by atoms with Crippen molar-refractivity contribution in [1.82, 2.24) is 4.90 Å². The van der Waals surface area contributed by atoms with Crippen molar-refractivity contribution in [3.05, 3.63) is 89.7 Å². The highest BCUT2D eigenvalue weighted by Crippen LogP contribution is 2.28. The molecule has 0 atom stereocenters. The lowest BCUT2D eigenvalue weighted by atomic mass is 10.1. The second-order valence-electron chi connectivity index (χ2n) is 8.03. The molecule has 0 unspecified atom stereocenters. The van der Waals surface area contributed by atoms with Crippen molar-refractivity contribution in [3.63, 3.8) is 0 Å². The van der Waals surface area contributed by atoms with Crippen molar-refractivity contribution in [2.75, 3.05) is 42.4 Å². The van der Waals surface area contributed by atoms with Gasteiger partial charge in [-0.15, -0.1) is 0 Å². The second kappa shape index (κ2) is 9.23. The molecule has 6 nitrogen and oxygen atoms in total. The lowest BCUT2D eigenvalue weighted by Crippen LogP contribution is -2.49. The monoisotopic (exact) mass is 467 g/mol. The molecule has 33 heavy (non-hydrogen) atoms. The Hall–Kier alpha value is -3.39. The first-order chi connectivity index (χ1) is 15.8. The highest BCUT2D eigenvalue weighted by atomic mass is 32.2. The first-order valence-corrected chi connectivity index (χ1v) is 12.2. The Morgan fingerprint density at radius 2 is 1.48 bits per heavy atom. The molecule has 3 aromatic rings. The van der Waals surface area contributed by atoms with E-state index in [4.69, 9.17) is 0 Å². The number of rotatable bonds is 5. The van der Waals surface area contributed by atoms with Gasteiger partial charge < -0.3 is 9.80 Å². The van der Waals surface area contributed by atoms with Gasteiger partial charge in [0.05, 0.1) is 21.8 Å². The first kappa shape index (κ1) is 22.8. The van der Waals surface area contributed by atoms with Gasteiger partial charge in [0, 0.05) is 33.2 Å². The third-order valence-corrected chi connectivity index (χ3v) is 7.70. The van der Waals surface area contributed by atoms with Gasteiger partial charge in [-0.3, -0.25) is 9.10 Å². The first-order valence-electron chi connectivity index (χ1n) is 10.7. The average Bonchev–Trinajstić information content (AvgIpc) is 2.84. The van der Waals surface area contributed by atoms with E-state index >= 15 is 0 Å². The molecule has 4 rings (SSSR count). The van der Waals surface area contributed by atoms with Crippen LogP contribution in [0.2, 0.25) is 0 Å². The van der Waals surface area contributed by atoms with Crippen LogP contribution in [0.5, 0.6) is 0 Å². The molecular formula is C25H26FN3O3S. The summed E-state index contributed by atoms with van der Waals surface area (Å²) in [4.78, 5) is 17.1. The van der Waals surface area contributed by atoms with Gasteiger partial charge in [0.25, 0.3) is 15.9 Å². The normalized spacial score (nSPS) is 14.3. The van der Waals surface area contributed by atoms with Crippen LogP contribution in [0.4, 0.5) is 15.8 Å². The summed E-state index contributed by atoms with van der Waals surface area (Å²) < 4.78 is 41.7. The maximum atomic E-state index is 14.1. The summed E-state index contributed by atoms with van der Waals surface area (Å²) in [5.41, 5.74) is 2.12. The fourth-order valence-corrected chi connectivity index (χ4v) is 5.17. The maximum Gasteiger partial charge on any atom is 0.264 e. The number of sulfonamides is 1. The highest BCUT2D eigenvalue weighted by Gasteiger charge is 2.29. The minimum absolute atomic E-state index is 0.163. The number of hydrogen-bond donors (Lipinski definition) is 0. The van der Waals surface area contributed by atoms with Gasteiger partial charge in [0.1, 0.15) is 5.82 Å². The third-order valence-electron chi connectivity index (χ3n) is 5.91. The molecule has 1 heterocycles. The number of hydrogen-bond acceptors (Lipinski definition) is 4. The Kier molecular flexibility index (Phi) is 6.37. The predicted molar refractivity (Wildman–Crippen MR) is 128 cm³/mol. The zero-order valence-electron chi connectivity index (χ0n) is 18.6. The van der Waals surface area contributed by atoms with Crippen molar-refractivity contribution in [2.24, 2.45) is 0 Å². The predicted octanol–water partition coefficient (Wildman–Crippen LogP) is 3.92. The highest BCUT2D eigenvalue weighted by molar-refractivity contribution is 7.92. The third kappa shape index (κ3) is 4.57. The van der Waals surface area contributed by atoms with Crippen LogP contribution in [-0.2, 0) is 10.0 Å². The Balaban J connectivity index is 1.54. The zero-order valence-corrected chi connectivity index (χ0v) is 19.4. The molecule has 1 aliphatic rings. The van der Waals surface area contributed by atoms with Crippen molar-refractivity contribution < 1.29 is 17.6 Å². The number of benzene rings is 3. The lowest BCUT2D eigenvalue weighted by molar-refractivity contribution is 0.0747. The van der Waals surface area contributed by atoms with Crippen LogP contribution in [0.15, 0.2) is 77.7 Å². The molecule has 1 amide bonds. The summed E-state index contributed by atoms with van der Waals surface area (Å²) in [6.45, 7) is 3.70. The number of halogens is 1. The van der Waals surface area contributed by atoms with E-state index in [2.05, 4.69) is 0 Å². The Labute approximate surface area is 193 Å². The molecule has 0 bridgehead atoms. The number of amides is 1. The number of para-hydroxylation sites is 2. The Morgan fingerprint density at radius 1 is 0.879 bits per heavy atom. The van der Waals surface area contributed by atoms with Crippen LogP contribution in [0.3, 0.4) is 0 Å². The number of aryl methyl sites for hydroxylation is 1. The van der Waals surface area contributed by atoms with Gasteiger partial charge >= 0.3 is 0 Å². The van der Waals surface area contributed by atoms with Crippen LogP contribution >= 0.6 is 0 Å². The van der Waals surface area contributed by atoms with Gasteiger partial charge in [-0.25, -0.2) is 12.8 Å². The minimum Gasteiger partial charge on any atom is -0.366 e. The molecule has 0 saturated carbocycles. The van der Waals surface area contributed by atoms with Crippen molar-refractivity contribution >= 4 is 27.3 Å². The number of piperazine rings is 1. The van der Waals surface area contributed by atoms with Crippen molar-refractivity contribution in [2.45, 2.75) is 11.8 Å². The molecule has 172 valence electrons. The number of nitrogens with zero attached hydrogens (tertiary/aromatic N) is 3. The van der Waals surface area contributed by atoms with Gasteiger partial charge in [0.2, 0.25) is 0 Å². The van der Waals surface area contributed by atoms with Gasteiger partial charge in [0.15, 0.2) is 0 Å². The second-order valence-corrected chi connectivity index (χ2v) is 10.0. The van der Waals surface area contributed by atoms with E-state index in [0.717, 1.165) is 9.87 Å². The van der Waals surface area contributed by atoms with E-state index in [1.165, 1.54) is 13.1 Å². The molecule has 1 saturated heterocycles. The number of carbonyl (C=O) groups excluding carboxylic acids is 1. The average molecular weight is 468 g/mol. The lowest BCUT2D eigenvalue weighted by Gasteiger charge is -2.36. The smallest absolute Gasteiger partial charge is 0.264 e. The summed E-state index contributed by atoms with van der Waals surface area (Å²) in [6, 6.07) is 19.9. The van der Waals surface area contributed by atoms with Crippen LogP contribution in [0.1, 0.15) is 15.9 Å². The van der Waals surface area contributed by atoms with Gasteiger partial charge in [-0.1, -0.05) is 42.0 Å². The molecule has 1 fully saturated rings. The molecule has 3 aromatic carbocycles. The van der Waals surface area contributed by atoms with E-state index in [1.54, 1.807) is 71.6 Å². The van der Waals surface area contributed by atoms with E-state index in [9.17, 15) is 17.6 Å². The van der Waals surface area contributed by atoms with E-state index in [1.807, 2.05) is 11.8 Å². The molecule has 0 N–H and O–H groups in total. The molecule has 0 spiro atoms. The van der Waals surface area contributed by atoms with E-state index in [-0.39, 0.29) is 16.6 Å². The van der Waals surface area contributed by atoms with Crippen molar-refractivity contribution in [3.8, 4) is 0 Å². The summed E-state index contributed by atoms with van der Waals surface area (Å²) in [5.74, 6) is -0.532. The van der Waals surface area contributed by atoms with Crippen LogP contribution in [0.25, 0.3) is 0 Å².